The molecule has 0 N–H and O–H groups in total. The summed E-state index contributed by atoms with van der Waals surface area (Å²) in [5.41, 5.74) is 27.4. The Morgan fingerprint density at radius 2 is 0.607 bits per heavy atom. The Bertz CT molecular complexity index is 6270. The zero-order chi connectivity index (χ0) is 79.9. The summed E-state index contributed by atoms with van der Waals surface area (Å²) in [7, 11) is 0. The van der Waals surface area contributed by atoms with E-state index in [1.807, 2.05) is 97.1 Å². The molecule has 2 unspecified atom stereocenters. The minimum absolute atomic E-state index is 0.0568. The first-order valence-corrected chi connectivity index (χ1v) is 39.9. The van der Waals surface area contributed by atoms with Crippen LogP contribution in [0.3, 0.4) is 0 Å². The van der Waals surface area contributed by atoms with E-state index >= 15 is 8.78 Å². The number of rotatable bonds is 18. The van der Waals surface area contributed by atoms with Gasteiger partial charge in [-0.05, 0) is 292 Å². The van der Waals surface area contributed by atoms with Gasteiger partial charge in [0.1, 0.15) is 45.8 Å². The van der Waals surface area contributed by atoms with Crippen LogP contribution < -0.4 is 19.3 Å². The van der Waals surface area contributed by atoms with Crippen molar-refractivity contribution in [1.29, 1.82) is 0 Å². The minimum Gasteiger partial charge on any atom is -0.457 e. The van der Waals surface area contributed by atoms with Gasteiger partial charge in [0, 0.05) is 44.9 Å². The van der Waals surface area contributed by atoms with Crippen molar-refractivity contribution in [3.05, 3.63) is 456 Å². The monoisotopic (exact) mass is 1520 g/mol. The number of nitrogens with zero attached hydrogens (tertiary/aromatic N) is 2. The average molecular weight is 1520 g/mol. The SMILES string of the molecule is C=Cc1ccc(Oc2ccc(C3(c4ccc(C(C)(C)C)cc4)c4ccccc4-c4ccc(-c5cccc(N(c6ccc(F)cc6)c6ccc7oc8ccc(N(c9ccc(F)cc9)c9cccc(-c%10ccc%11c(c%10)C(c%10ccc(Oc%12ccc(C=C)cc%12)cc%10)(c%10ccc(C(C)(C)C)cc%10)c%10ccccc%10-%11)c9)cc8c7c6)c5)cc43)cc2)cc1. The van der Waals surface area contributed by atoms with Crippen LogP contribution >= 0.6 is 0 Å². The highest BCUT2D eigenvalue weighted by atomic mass is 19.1. The first kappa shape index (κ1) is 73.1. The third-order valence-corrected chi connectivity index (χ3v) is 23.7. The molecule has 0 radical (unpaired) electrons. The second-order valence-corrected chi connectivity index (χ2v) is 32.8. The van der Waals surface area contributed by atoms with E-state index in [1.165, 1.54) is 79.9 Å². The zero-order valence-corrected chi connectivity index (χ0v) is 66.1. The van der Waals surface area contributed by atoms with Gasteiger partial charge in [0.2, 0.25) is 0 Å². The lowest BCUT2D eigenvalue weighted by Gasteiger charge is -2.35. The first-order valence-electron chi connectivity index (χ1n) is 39.9. The van der Waals surface area contributed by atoms with E-state index in [0.29, 0.717) is 11.2 Å². The lowest BCUT2D eigenvalue weighted by Crippen LogP contribution is -2.29. The van der Waals surface area contributed by atoms with Crippen molar-refractivity contribution in [3.63, 3.8) is 0 Å². The number of hydrogen-bond donors (Lipinski definition) is 0. The molecule has 0 saturated heterocycles. The summed E-state index contributed by atoms with van der Waals surface area (Å²) in [6.07, 6.45) is 3.66. The first-order chi connectivity index (χ1) is 56.9. The van der Waals surface area contributed by atoms with Crippen molar-refractivity contribution in [2.75, 3.05) is 9.80 Å². The van der Waals surface area contributed by atoms with Crippen molar-refractivity contribution >= 4 is 68.2 Å². The van der Waals surface area contributed by atoms with E-state index in [-0.39, 0.29) is 22.5 Å². The number of ether oxygens (including phenoxy) is 2. The van der Waals surface area contributed by atoms with Crippen LogP contribution in [-0.4, -0.2) is 0 Å². The Balaban J connectivity index is 0.701. The number of hydrogen-bond acceptors (Lipinski definition) is 5. The van der Waals surface area contributed by atoms with Crippen LogP contribution in [0.4, 0.5) is 42.9 Å². The fourth-order valence-corrected chi connectivity index (χ4v) is 17.9. The fourth-order valence-electron chi connectivity index (χ4n) is 17.9. The lowest BCUT2D eigenvalue weighted by molar-refractivity contribution is 0.482. The topological polar surface area (TPSA) is 38.1 Å². The van der Waals surface area contributed by atoms with Gasteiger partial charge in [0.05, 0.1) is 10.8 Å². The number of benzene rings is 16. The third-order valence-electron chi connectivity index (χ3n) is 23.7. The van der Waals surface area contributed by atoms with Gasteiger partial charge in [-0.2, -0.15) is 0 Å². The molecule has 566 valence electrons. The Kier molecular flexibility index (Phi) is 18.1. The van der Waals surface area contributed by atoms with Crippen LogP contribution in [0.25, 0.3) is 78.6 Å². The molecule has 117 heavy (non-hydrogen) atoms. The summed E-state index contributed by atoms with van der Waals surface area (Å²) >= 11 is 0. The molecule has 5 nitrogen and oxygen atoms in total. The van der Waals surface area contributed by atoms with Crippen molar-refractivity contribution in [1.82, 2.24) is 0 Å². The molecule has 0 saturated carbocycles. The molecular weight excluding hydrogens is 1440 g/mol. The van der Waals surface area contributed by atoms with Gasteiger partial charge in [-0.25, -0.2) is 8.78 Å². The fraction of sp³-hybridized carbons (Fsp3) is 0.0909. The van der Waals surface area contributed by atoms with Crippen LogP contribution in [0, 0.1) is 11.6 Å². The van der Waals surface area contributed by atoms with Crippen molar-refractivity contribution < 1.29 is 22.7 Å². The van der Waals surface area contributed by atoms with E-state index in [2.05, 4.69) is 319 Å². The van der Waals surface area contributed by atoms with E-state index < -0.39 is 10.8 Å². The molecule has 17 aromatic rings. The van der Waals surface area contributed by atoms with E-state index in [1.54, 1.807) is 0 Å². The Morgan fingerprint density at radius 1 is 0.291 bits per heavy atom. The molecule has 0 aliphatic heterocycles. The normalized spacial score (nSPS) is 14.6. The maximum atomic E-state index is 15.3. The van der Waals surface area contributed by atoms with Crippen LogP contribution in [0.1, 0.15) is 108 Å². The van der Waals surface area contributed by atoms with Crippen molar-refractivity contribution in [2.45, 2.75) is 63.2 Å². The molecule has 2 atom stereocenters. The van der Waals surface area contributed by atoms with Gasteiger partial charge in [-0.15, -0.1) is 0 Å². The molecular formula is C110H84F2N2O3. The molecule has 16 aromatic carbocycles. The molecule has 2 aliphatic carbocycles. The molecule has 1 heterocycles. The maximum Gasteiger partial charge on any atom is 0.135 e. The molecule has 0 amide bonds. The van der Waals surface area contributed by atoms with Gasteiger partial charge >= 0.3 is 0 Å². The second kappa shape index (κ2) is 29.1. The number of fused-ring (bicyclic) bond motifs is 9. The second-order valence-electron chi connectivity index (χ2n) is 32.8. The predicted molar refractivity (Wildman–Crippen MR) is 479 cm³/mol. The Labute approximate surface area is 682 Å². The van der Waals surface area contributed by atoms with Gasteiger partial charge in [-0.3, -0.25) is 0 Å². The zero-order valence-electron chi connectivity index (χ0n) is 66.1. The summed E-state index contributed by atoms with van der Waals surface area (Å²) < 4.78 is 50.3. The number of anilines is 6. The molecule has 2 aliphatic rings. The lowest BCUT2D eigenvalue weighted by atomic mass is 9.67. The molecule has 0 fully saturated rings. The highest BCUT2D eigenvalue weighted by molar-refractivity contribution is 6.08. The summed E-state index contributed by atoms with van der Waals surface area (Å²) in [5, 5.41) is 1.76. The molecule has 0 spiro atoms. The average Bonchev–Trinajstić information content (AvgIpc) is 1.54. The van der Waals surface area contributed by atoms with E-state index in [0.717, 1.165) is 124 Å². The number of furan rings is 1. The quantitative estimate of drug-likeness (QED) is 0.0856. The van der Waals surface area contributed by atoms with Crippen LogP contribution in [0.15, 0.2) is 382 Å². The summed E-state index contributed by atoms with van der Waals surface area (Å²) in [4.78, 5) is 4.37. The third kappa shape index (κ3) is 13.0. The summed E-state index contributed by atoms with van der Waals surface area (Å²) in [5.74, 6) is 2.30. The van der Waals surface area contributed by atoms with Crippen LogP contribution in [0.2, 0.25) is 0 Å². The van der Waals surface area contributed by atoms with Crippen LogP contribution in [0.5, 0.6) is 23.0 Å². The van der Waals surface area contributed by atoms with Gasteiger partial charge < -0.3 is 23.7 Å². The number of halogens is 2. The van der Waals surface area contributed by atoms with Crippen molar-refractivity contribution in [2.24, 2.45) is 0 Å². The van der Waals surface area contributed by atoms with Gasteiger partial charge in [0.25, 0.3) is 0 Å². The van der Waals surface area contributed by atoms with E-state index in [9.17, 15) is 0 Å². The standard InChI is InChI=1S/C110H84F2N2O3/c1-9-71-25-53-91(54-26-71)115-93-57-39-81(40-58-93)109(79-35-31-77(32-36-79)107(3,4)5)101-23-13-11-21-95(101)97-61-29-75(67-103(97)109)73-17-15-19-87(65-73)113(85-47-43-83(111)44-48-85)89-51-63-105-99(69-89)100-70-90(52-64-106(100)117-105)114(86-49-45-84(112)46-50-86)88-20-16-18-74(66-88)76-30-62-98-96-22-12-14-24-102(96)110(104(98)68-76,80-37-33-78(34-38-80)108(6,7)8)82-41-59-94(60-42-82)116-92-55-27-72(10-2)28-56-92/h9-70H,1-2H2,3-8H3. The Hall–Kier alpha value is -14.1. The predicted octanol–water partition coefficient (Wildman–Crippen LogP) is 30.3. The summed E-state index contributed by atoms with van der Waals surface area (Å²) in [6.45, 7) is 21.4. The Morgan fingerprint density at radius 3 is 0.966 bits per heavy atom. The highest BCUT2D eigenvalue weighted by Gasteiger charge is 2.48. The molecule has 0 bridgehead atoms. The summed E-state index contributed by atoms with van der Waals surface area (Å²) in [6, 6.07) is 126. The molecule has 7 heteroatoms. The van der Waals surface area contributed by atoms with Gasteiger partial charge in [-0.1, -0.05) is 261 Å². The maximum absolute atomic E-state index is 15.3. The highest BCUT2D eigenvalue weighted by Crippen LogP contribution is 2.60. The molecule has 19 rings (SSSR count). The smallest absolute Gasteiger partial charge is 0.135 e. The van der Waals surface area contributed by atoms with Crippen molar-refractivity contribution in [3.8, 4) is 67.5 Å². The van der Waals surface area contributed by atoms with E-state index in [4.69, 9.17) is 13.9 Å². The van der Waals surface area contributed by atoms with Crippen LogP contribution in [-0.2, 0) is 21.7 Å². The largest absolute Gasteiger partial charge is 0.457 e. The van der Waals surface area contributed by atoms with Gasteiger partial charge in [0.15, 0.2) is 0 Å². The minimum atomic E-state index is -0.720. The molecule has 1 aromatic heterocycles.